The Morgan fingerprint density at radius 2 is 1.69 bits per heavy atom. The van der Waals surface area contributed by atoms with E-state index in [1.807, 2.05) is 18.2 Å². The lowest BCUT2D eigenvalue weighted by molar-refractivity contribution is 0.324. The minimum Gasteiger partial charge on any atom is -0.493 e. The molecule has 16 heavy (non-hydrogen) atoms. The highest BCUT2D eigenvalue weighted by Crippen LogP contribution is 2.40. The highest BCUT2D eigenvalue weighted by Gasteiger charge is 2.13. The molecule has 0 heterocycles. The van der Waals surface area contributed by atoms with E-state index in [2.05, 4.69) is 13.0 Å². The molecule has 88 valence electrons. The zero-order valence-electron chi connectivity index (χ0n) is 10.2. The van der Waals surface area contributed by atoms with Crippen LogP contribution >= 0.6 is 0 Å². The van der Waals surface area contributed by atoms with Gasteiger partial charge in [-0.2, -0.15) is 0 Å². The van der Waals surface area contributed by atoms with Gasteiger partial charge in [0.15, 0.2) is 11.5 Å². The molecule has 0 bridgehead atoms. The molecular weight excluding hydrogens is 204 g/mol. The molecule has 0 saturated carbocycles. The molecule has 3 nitrogen and oxygen atoms in total. The maximum absolute atomic E-state index is 5.35. The van der Waals surface area contributed by atoms with Gasteiger partial charge in [-0.05, 0) is 18.6 Å². The summed E-state index contributed by atoms with van der Waals surface area (Å²) in [5, 5.41) is 0. The Hall–Kier alpha value is -1.64. The smallest absolute Gasteiger partial charge is 0.203 e. The second-order valence-corrected chi connectivity index (χ2v) is 3.23. The van der Waals surface area contributed by atoms with Crippen LogP contribution in [-0.2, 0) is 0 Å². The summed E-state index contributed by atoms with van der Waals surface area (Å²) in [6.07, 6.45) is 5.07. The van der Waals surface area contributed by atoms with Crippen molar-refractivity contribution in [3.8, 4) is 17.2 Å². The molecule has 0 fully saturated rings. The minimum absolute atomic E-state index is 0.628. The standard InChI is InChI=1S/C13H18O3/c1-5-6-7-10-8-9-11(14-2)13(16-4)12(10)15-3/h6-9H,5H2,1-4H3. The van der Waals surface area contributed by atoms with Gasteiger partial charge in [0.2, 0.25) is 5.75 Å². The Bertz CT molecular complexity index is 370. The molecule has 1 aromatic rings. The minimum atomic E-state index is 0.628. The van der Waals surface area contributed by atoms with Crippen molar-refractivity contribution in [1.29, 1.82) is 0 Å². The molecule has 0 aliphatic heterocycles. The van der Waals surface area contributed by atoms with Crippen LogP contribution in [0.15, 0.2) is 18.2 Å². The average Bonchev–Trinajstić information content (AvgIpc) is 2.34. The molecule has 0 aliphatic carbocycles. The van der Waals surface area contributed by atoms with E-state index in [0.29, 0.717) is 17.2 Å². The molecule has 3 heteroatoms. The van der Waals surface area contributed by atoms with Crippen molar-refractivity contribution in [1.82, 2.24) is 0 Å². The molecule has 1 aromatic carbocycles. The van der Waals surface area contributed by atoms with Gasteiger partial charge in [0.1, 0.15) is 0 Å². The summed E-state index contributed by atoms with van der Waals surface area (Å²) in [5.41, 5.74) is 0.988. The van der Waals surface area contributed by atoms with Crippen LogP contribution in [0.1, 0.15) is 18.9 Å². The van der Waals surface area contributed by atoms with E-state index in [-0.39, 0.29) is 0 Å². The van der Waals surface area contributed by atoms with Gasteiger partial charge < -0.3 is 14.2 Å². The van der Waals surface area contributed by atoms with Crippen molar-refractivity contribution < 1.29 is 14.2 Å². The Balaban J connectivity index is 3.25. The van der Waals surface area contributed by atoms with E-state index in [0.717, 1.165) is 12.0 Å². The van der Waals surface area contributed by atoms with Crippen molar-refractivity contribution in [2.45, 2.75) is 13.3 Å². The zero-order valence-corrected chi connectivity index (χ0v) is 10.2. The number of allylic oxidation sites excluding steroid dienone is 1. The van der Waals surface area contributed by atoms with Crippen LogP contribution in [0.4, 0.5) is 0 Å². The van der Waals surface area contributed by atoms with Crippen molar-refractivity contribution in [2.75, 3.05) is 21.3 Å². The van der Waals surface area contributed by atoms with Gasteiger partial charge in [-0.15, -0.1) is 0 Å². The first-order valence-corrected chi connectivity index (χ1v) is 5.24. The number of ether oxygens (including phenoxy) is 3. The third-order valence-electron chi connectivity index (χ3n) is 2.27. The van der Waals surface area contributed by atoms with E-state index in [4.69, 9.17) is 14.2 Å². The SMILES string of the molecule is CCC=Cc1ccc(OC)c(OC)c1OC. The van der Waals surface area contributed by atoms with Crippen molar-refractivity contribution in [3.63, 3.8) is 0 Å². The second-order valence-electron chi connectivity index (χ2n) is 3.23. The van der Waals surface area contributed by atoms with Crippen LogP contribution in [0.25, 0.3) is 6.08 Å². The molecule has 0 atom stereocenters. The number of methoxy groups -OCH3 is 3. The monoisotopic (exact) mass is 222 g/mol. The van der Waals surface area contributed by atoms with E-state index in [1.54, 1.807) is 21.3 Å². The predicted molar refractivity (Wildman–Crippen MR) is 65.4 cm³/mol. The molecular formula is C13H18O3. The topological polar surface area (TPSA) is 27.7 Å². The van der Waals surface area contributed by atoms with Gasteiger partial charge in [-0.25, -0.2) is 0 Å². The van der Waals surface area contributed by atoms with Crippen LogP contribution in [0.3, 0.4) is 0 Å². The zero-order chi connectivity index (χ0) is 12.0. The molecule has 0 spiro atoms. The molecule has 0 aromatic heterocycles. The lowest BCUT2D eigenvalue weighted by Crippen LogP contribution is -1.96. The summed E-state index contributed by atoms with van der Waals surface area (Å²) in [4.78, 5) is 0. The Kier molecular flexibility index (Phi) is 4.70. The number of rotatable bonds is 5. The third-order valence-corrected chi connectivity index (χ3v) is 2.27. The molecule has 0 aliphatic rings. The first kappa shape index (κ1) is 12.4. The fraction of sp³-hybridized carbons (Fsp3) is 0.385. The molecule has 0 unspecified atom stereocenters. The second kappa shape index (κ2) is 6.05. The Morgan fingerprint density at radius 3 is 2.19 bits per heavy atom. The van der Waals surface area contributed by atoms with E-state index in [9.17, 15) is 0 Å². The Labute approximate surface area is 96.6 Å². The van der Waals surface area contributed by atoms with Crippen molar-refractivity contribution >= 4 is 6.08 Å². The van der Waals surface area contributed by atoms with E-state index >= 15 is 0 Å². The highest BCUT2D eigenvalue weighted by atomic mass is 16.5. The van der Waals surface area contributed by atoms with Crippen LogP contribution in [0.2, 0.25) is 0 Å². The summed E-state index contributed by atoms with van der Waals surface area (Å²) < 4.78 is 15.9. The lowest BCUT2D eigenvalue weighted by Gasteiger charge is -2.13. The maximum Gasteiger partial charge on any atom is 0.203 e. The third kappa shape index (κ3) is 2.48. The molecule has 0 N–H and O–H groups in total. The summed E-state index contributed by atoms with van der Waals surface area (Å²) in [6, 6.07) is 3.82. The quantitative estimate of drug-likeness (QED) is 0.766. The van der Waals surface area contributed by atoms with Gasteiger partial charge in [-0.3, -0.25) is 0 Å². The first-order chi connectivity index (χ1) is 7.78. The van der Waals surface area contributed by atoms with Gasteiger partial charge in [0.05, 0.1) is 21.3 Å². The molecule has 0 radical (unpaired) electrons. The lowest BCUT2D eigenvalue weighted by atomic mass is 10.1. The van der Waals surface area contributed by atoms with Crippen molar-refractivity contribution in [2.24, 2.45) is 0 Å². The summed E-state index contributed by atoms with van der Waals surface area (Å²) >= 11 is 0. The number of benzene rings is 1. The number of hydrogen-bond donors (Lipinski definition) is 0. The summed E-state index contributed by atoms with van der Waals surface area (Å²) in [5.74, 6) is 2.00. The van der Waals surface area contributed by atoms with Crippen LogP contribution in [0.5, 0.6) is 17.2 Å². The molecule has 0 saturated heterocycles. The van der Waals surface area contributed by atoms with Gasteiger partial charge in [-0.1, -0.05) is 19.1 Å². The summed E-state index contributed by atoms with van der Waals surface area (Å²) in [7, 11) is 4.84. The normalized spacial score (nSPS) is 10.5. The first-order valence-electron chi connectivity index (χ1n) is 5.24. The van der Waals surface area contributed by atoms with Gasteiger partial charge >= 0.3 is 0 Å². The van der Waals surface area contributed by atoms with Crippen LogP contribution in [-0.4, -0.2) is 21.3 Å². The molecule has 1 rings (SSSR count). The van der Waals surface area contributed by atoms with E-state index < -0.39 is 0 Å². The fourth-order valence-corrected chi connectivity index (χ4v) is 1.50. The fourth-order valence-electron chi connectivity index (χ4n) is 1.50. The average molecular weight is 222 g/mol. The summed E-state index contributed by atoms with van der Waals surface area (Å²) in [6.45, 7) is 2.09. The largest absolute Gasteiger partial charge is 0.493 e. The van der Waals surface area contributed by atoms with Crippen molar-refractivity contribution in [3.05, 3.63) is 23.8 Å². The van der Waals surface area contributed by atoms with Gasteiger partial charge in [0, 0.05) is 5.56 Å². The Morgan fingerprint density at radius 1 is 1.00 bits per heavy atom. The maximum atomic E-state index is 5.35. The van der Waals surface area contributed by atoms with Gasteiger partial charge in [0.25, 0.3) is 0 Å². The van der Waals surface area contributed by atoms with Crippen LogP contribution < -0.4 is 14.2 Å². The van der Waals surface area contributed by atoms with Crippen LogP contribution in [0, 0.1) is 0 Å². The van der Waals surface area contributed by atoms with E-state index in [1.165, 1.54) is 0 Å². The molecule has 0 amide bonds. The highest BCUT2D eigenvalue weighted by molar-refractivity contribution is 5.66. The number of hydrogen-bond acceptors (Lipinski definition) is 3. The predicted octanol–water partition coefficient (Wildman–Crippen LogP) is 3.14.